The zero-order chi connectivity index (χ0) is 45.7. The normalized spacial score (nSPS) is 12.5. The molecular weight excluding hydrogens is 835 g/mol. The van der Waals surface area contributed by atoms with Gasteiger partial charge in [-0.1, -0.05) is 224 Å². The van der Waals surface area contributed by atoms with E-state index in [0.717, 1.165) is 55.7 Å². The molecule has 0 saturated heterocycles. The average Bonchev–Trinajstić information content (AvgIpc) is 3.97. The molecule has 324 valence electrons. The van der Waals surface area contributed by atoms with Crippen molar-refractivity contribution in [1.82, 2.24) is 0 Å². The van der Waals surface area contributed by atoms with Gasteiger partial charge < -0.3 is 9.32 Å². The van der Waals surface area contributed by atoms with Gasteiger partial charge in [0.1, 0.15) is 11.2 Å². The molecule has 11 aromatic carbocycles. The van der Waals surface area contributed by atoms with Crippen molar-refractivity contribution in [2.75, 3.05) is 4.90 Å². The summed E-state index contributed by atoms with van der Waals surface area (Å²) in [5.74, 6) is 0. The van der Waals surface area contributed by atoms with Gasteiger partial charge >= 0.3 is 0 Å². The van der Waals surface area contributed by atoms with E-state index in [1.54, 1.807) is 0 Å². The highest BCUT2D eigenvalue weighted by molar-refractivity contribution is 6.12. The first-order valence-corrected chi connectivity index (χ1v) is 23.7. The first kappa shape index (κ1) is 40.3. The standard InChI is InChI=1S/C67H45NO/c1-5-19-46(20-6-1)50-39-44-55(59(45-50)47-21-7-2-8-22-47)48-35-40-53(41-36-48)68(54-42-37-49(38-43-54)56-29-17-34-64-65(56)58-28-14-16-33-63(58)69-64)62-32-18-31-61-66(62)57-27-13-15-30-60(57)67(61,51-23-9-3-10-24-51)52-25-11-4-12-26-52/h1-45H. The van der Waals surface area contributed by atoms with Crippen molar-refractivity contribution >= 4 is 39.0 Å². The SMILES string of the molecule is c1ccc(-c2ccc(-c3ccc(N(c4ccc(-c5cccc6oc7ccccc7c56)cc4)c4cccc5c4-c4ccccc4C5(c4ccccc4)c4ccccc4)cc3)c(-c3ccccc3)c2)cc1. The molecule has 1 aromatic heterocycles. The van der Waals surface area contributed by atoms with Crippen molar-refractivity contribution in [3.05, 3.63) is 295 Å². The van der Waals surface area contributed by atoms with Gasteiger partial charge in [-0.15, -0.1) is 0 Å². The van der Waals surface area contributed by atoms with Crippen molar-refractivity contribution in [1.29, 1.82) is 0 Å². The summed E-state index contributed by atoms with van der Waals surface area (Å²) in [5.41, 5.74) is 21.4. The van der Waals surface area contributed by atoms with Crippen molar-refractivity contribution in [3.63, 3.8) is 0 Å². The number of hydrogen-bond donors (Lipinski definition) is 0. The number of para-hydroxylation sites is 1. The molecule has 0 fully saturated rings. The maximum Gasteiger partial charge on any atom is 0.136 e. The topological polar surface area (TPSA) is 16.4 Å². The lowest BCUT2D eigenvalue weighted by atomic mass is 9.68. The fraction of sp³-hybridized carbons (Fsp3) is 0.0149. The Hall–Kier alpha value is -8.98. The van der Waals surface area contributed by atoms with Crippen LogP contribution < -0.4 is 4.90 Å². The van der Waals surface area contributed by atoms with E-state index in [-0.39, 0.29) is 0 Å². The highest BCUT2D eigenvalue weighted by atomic mass is 16.3. The van der Waals surface area contributed by atoms with Gasteiger partial charge in [0.15, 0.2) is 0 Å². The minimum Gasteiger partial charge on any atom is -0.456 e. The number of fused-ring (bicyclic) bond motifs is 6. The first-order valence-electron chi connectivity index (χ1n) is 23.7. The Morgan fingerprint density at radius 3 is 1.48 bits per heavy atom. The van der Waals surface area contributed by atoms with Gasteiger partial charge in [-0.3, -0.25) is 0 Å². The van der Waals surface area contributed by atoms with Gasteiger partial charge in [0.25, 0.3) is 0 Å². The molecule has 69 heavy (non-hydrogen) atoms. The Morgan fingerprint density at radius 2 is 0.797 bits per heavy atom. The van der Waals surface area contributed by atoms with Crippen LogP contribution in [0.2, 0.25) is 0 Å². The first-order chi connectivity index (χ1) is 34.2. The van der Waals surface area contributed by atoms with Crippen molar-refractivity contribution < 1.29 is 4.42 Å². The lowest BCUT2D eigenvalue weighted by Crippen LogP contribution is -2.28. The van der Waals surface area contributed by atoms with E-state index < -0.39 is 5.41 Å². The second kappa shape index (κ2) is 16.7. The maximum atomic E-state index is 6.34. The number of nitrogens with zero attached hydrogens (tertiary/aromatic N) is 1. The van der Waals surface area contributed by atoms with Crippen molar-refractivity contribution in [3.8, 4) is 55.6 Å². The summed E-state index contributed by atoms with van der Waals surface area (Å²) in [6.07, 6.45) is 0. The molecule has 1 aliphatic rings. The quantitative estimate of drug-likeness (QED) is 0.144. The summed E-state index contributed by atoms with van der Waals surface area (Å²) in [5, 5.41) is 2.26. The highest BCUT2D eigenvalue weighted by Gasteiger charge is 2.47. The molecule has 1 aliphatic carbocycles. The lowest BCUT2D eigenvalue weighted by Gasteiger charge is -2.34. The van der Waals surface area contributed by atoms with Crippen LogP contribution in [0.25, 0.3) is 77.6 Å². The van der Waals surface area contributed by atoms with E-state index in [4.69, 9.17) is 4.42 Å². The van der Waals surface area contributed by atoms with E-state index >= 15 is 0 Å². The largest absolute Gasteiger partial charge is 0.456 e. The van der Waals surface area contributed by atoms with Gasteiger partial charge in [0, 0.05) is 27.7 Å². The van der Waals surface area contributed by atoms with Gasteiger partial charge in [0.05, 0.1) is 11.1 Å². The van der Waals surface area contributed by atoms with Crippen LogP contribution >= 0.6 is 0 Å². The Labute approximate surface area is 402 Å². The van der Waals surface area contributed by atoms with Crippen molar-refractivity contribution in [2.45, 2.75) is 5.41 Å². The highest BCUT2D eigenvalue weighted by Crippen LogP contribution is 2.59. The zero-order valence-electron chi connectivity index (χ0n) is 37.8. The van der Waals surface area contributed by atoms with E-state index in [1.807, 2.05) is 12.1 Å². The number of hydrogen-bond acceptors (Lipinski definition) is 2. The van der Waals surface area contributed by atoms with Crippen molar-refractivity contribution in [2.24, 2.45) is 0 Å². The van der Waals surface area contributed by atoms with Crippen LogP contribution in [0.4, 0.5) is 17.1 Å². The minimum atomic E-state index is -0.532. The molecule has 0 aliphatic heterocycles. The molecule has 0 N–H and O–H groups in total. The van der Waals surface area contributed by atoms with Crippen LogP contribution in [0.15, 0.2) is 277 Å². The Bertz CT molecular complexity index is 3760. The molecule has 0 unspecified atom stereocenters. The Morgan fingerprint density at radius 1 is 0.304 bits per heavy atom. The van der Waals surface area contributed by atoms with Gasteiger partial charge in [-0.2, -0.15) is 0 Å². The van der Waals surface area contributed by atoms with Gasteiger partial charge in [-0.05, 0) is 121 Å². The maximum absolute atomic E-state index is 6.34. The van der Waals surface area contributed by atoms with Crippen LogP contribution in [0.3, 0.4) is 0 Å². The summed E-state index contributed by atoms with van der Waals surface area (Å²) >= 11 is 0. The molecule has 2 nitrogen and oxygen atoms in total. The monoisotopic (exact) mass is 879 g/mol. The van der Waals surface area contributed by atoms with E-state index in [1.165, 1.54) is 61.2 Å². The third kappa shape index (κ3) is 6.64. The number of furan rings is 1. The van der Waals surface area contributed by atoms with Crippen LogP contribution in [-0.4, -0.2) is 0 Å². The summed E-state index contributed by atoms with van der Waals surface area (Å²) in [4.78, 5) is 2.46. The zero-order valence-corrected chi connectivity index (χ0v) is 37.8. The predicted octanol–water partition coefficient (Wildman–Crippen LogP) is 18.1. The predicted molar refractivity (Wildman–Crippen MR) is 287 cm³/mol. The smallest absolute Gasteiger partial charge is 0.136 e. The Kier molecular flexibility index (Phi) is 9.77. The third-order valence-corrected chi connectivity index (χ3v) is 14.2. The molecule has 1 heterocycles. The third-order valence-electron chi connectivity index (χ3n) is 14.2. The van der Waals surface area contributed by atoms with Crippen LogP contribution in [0.5, 0.6) is 0 Å². The molecule has 0 radical (unpaired) electrons. The molecule has 13 rings (SSSR count). The summed E-state index contributed by atoms with van der Waals surface area (Å²) in [7, 11) is 0. The number of rotatable bonds is 9. The van der Waals surface area contributed by atoms with E-state index in [9.17, 15) is 0 Å². The summed E-state index contributed by atoms with van der Waals surface area (Å²) in [6.45, 7) is 0. The van der Waals surface area contributed by atoms with E-state index in [2.05, 4.69) is 266 Å². The van der Waals surface area contributed by atoms with E-state index in [0.29, 0.717) is 0 Å². The summed E-state index contributed by atoms with van der Waals surface area (Å²) < 4.78 is 6.34. The second-order valence-corrected chi connectivity index (χ2v) is 17.9. The Balaban J connectivity index is 1.01. The lowest BCUT2D eigenvalue weighted by molar-refractivity contribution is 0.669. The van der Waals surface area contributed by atoms with Gasteiger partial charge in [-0.25, -0.2) is 0 Å². The van der Waals surface area contributed by atoms with Crippen LogP contribution in [-0.2, 0) is 5.41 Å². The number of anilines is 3. The fourth-order valence-electron chi connectivity index (χ4n) is 11.1. The molecule has 0 bridgehead atoms. The van der Waals surface area contributed by atoms with Crippen LogP contribution in [0, 0.1) is 0 Å². The minimum absolute atomic E-state index is 0.532. The molecule has 0 saturated carbocycles. The molecule has 0 spiro atoms. The molecule has 12 aromatic rings. The molecule has 2 heteroatoms. The summed E-state index contributed by atoms with van der Waals surface area (Å²) in [6, 6.07) is 99.3. The fourth-order valence-corrected chi connectivity index (χ4v) is 11.1. The van der Waals surface area contributed by atoms with Crippen LogP contribution in [0.1, 0.15) is 22.3 Å². The molecular formula is C67H45NO. The molecule has 0 amide bonds. The number of benzene rings is 11. The van der Waals surface area contributed by atoms with Gasteiger partial charge in [0.2, 0.25) is 0 Å². The average molecular weight is 880 g/mol. The second-order valence-electron chi connectivity index (χ2n) is 17.9. The molecule has 0 atom stereocenters.